The van der Waals surface area contributed by atoms with Gasteiger partial charge in [0.1, 0.15) is 4.90 Å². The molecule has 0 radical (unpaired) electrons. The number of hydrogen-bond donors (Lipinski definition) is 1. The van der Waals surface area contributed by atoms with Crippen LogP contribution in [-0.2, 0) is 14.9 Å². The molecule has 1 saturated carbocycles. The molecule has 0 saturated heterocycles. The van der Waals surface area contributed by atoms with Crippen molar-refractivity contribution in [1.29, 1.82) is 0 Å². The molecule has 22 heavy (non-hydrogen) atoms. The number of esters is 1. The number of carbonyl (C=O) groups is 1. The van der Waals surface area contributed by atoms with Gasteiger partial charge in [-0.15, -0.1) is 0 Å². The lowest BCUT2D eigenvalue weighted by Gasteiger charge is -2.21. The second kappa shape index (κ2) is 7.78. The Bertz CT molecular complexity index is 696. The van der Waals surface area contributed by atoms with E-state index < -0.39 is 10.1 Å². The molecule has 9 heteroatoms. The third kappa shape index (κ3) is 4.45. The summed E-state index contributed by atoms with van der Waals surface area (Å²) in [5.74, 6) is -0.239. The van der Waals surface area contributed by atoms with Crippen molar-refractivity contribution in [3.63, 3.8) is 0 Å². The van der Waals surface area contributed by atoms with Crippen molar-refractivity contribution in [1.82, 2.24) is 0 Å². The van der Waals surface area contributed by atoms with Gasteiger partial charge in [-0.2, -0.15) is 8.42 Å². The Labute approximate surface area is 170 Å². The summed E-state index contributed by atoms with van der Waals surface area (Å²) >= 11 is 5.63. The molecule has 0 unspecified atom stereocenters. The van der Waals surface area contributed by atoms with Crippen LogP contribution in [0.1, 0.15) is 32.1 Å². The standard InChI is InChI=1S/C13H13I3O5S/c14-8-6-9(15)12(22(18,19)20)10(16)11(8)21-13(17)7-4-2-1-3-5-7/h6-7H,1-5H2,(H,18,19,20). The smallest absolute Gasteiger partial charge is 0.314 e. The summed E-state index contributed by atoms with van der Waals surface area (Å²) in [6.07, 6.45) is 4.77. The first-order chi connectivity index (χ1) is 10.2. The van der Waals surface area contributed by atoms with E-state index in [-0.39, 0.29) is 26.1 Å². The van der Waals surface area contributed by atoms with Crippen LogP contribution in [0.5, 0.6) is 5.75 Å². The molecule has 0 amide bonds. The fourth-order valence-corrected chi connectivity index (χ4v) is 8.29. The third-order valence-corrected chi connectivity index (χ3v) is 7.84. The molecule has 1 aliphatic rings. The topological polar surface area (TPSA) is 80.7 Å². The molecule has 0 aliphatic heterocycles. The SMILES string of the molecule is O=C(Oc1c(I)cc(I)c(S(=O)(=O)O)c1I)C1CCCCC1. The summed E-state index contributed by atoms with van der Waals surface area (Å²) in [6.45, 7) is 0. The number of benzene rings is 1. The van der Waals surface area contributed by atoms with Gasteiger partial charge in [-0.05, 0) is 86.7 Å². The molecule has 1 fully saturated rings. The van der Waals surface area contributed by atoms with Crippen molar-refractivity contribution in [2.24, 2.45) is 5.92 Å². The molecule has 0 spiro atoms. The average molecular weight is 662 g/mol. The molecule has 5 nitrogen and oxygen atoms in total. The van der Waals surface area contributed by atoms with Gasteiger partial charge in [-0.3, -0.25) is 9.35 Å². The highest BCUT2D eigenvalue weighted by Crippen LogP contribution is 2.37. The lowest BCUT2D eigenvalue weighted by atomic mass is 9.89. The molecule has 1 aromatic carbocycles. The van der Waals surface area contributed by atoms with Gasteiger partial charge >= 0.3 is 5.97 Å². The van der Waals surface area contributed by atoms with Crippen molar-refractivity contribution in [2.45, 2.75) is 37.0 Å². The lowest BCUT2D eigenvalue weighted by Crippen LogP contribution is -2.24. The fraction of sp³-hybridized carbons (Fsp3) is 0.462. The van der Waals surface area contributed by atoms with Crippen LogP contribution >= 0.6 is 67.8 Å². The van der Waals surface area contributed by atoms with Crippen LogP contribution in [0, 0.1) is 16.6 Å². The van der Waals surface area contributed by atoms with E-state index in [1.54, 1.807) is 28.7 Å². The molecule has 0 atom stereocenters. The summed E-state index contributed by atoms with van der Waals surface area (Å²) in [6, 6.07) is 1.58. The van der Waals surface area contributed by atoms with E-state index in [2.05, 4.69) is 0 Å². The summed E-state index contributed by atoms with van der Waals surface area (Å²) in [5, 5.41) is 0. The van der Waals surface area contributed by atoms with Gasteiger partial charge in [-0.25, -0.2) is 0 Å². The second-order valence-electron chi connectivity index (χ2n) is 5.04. The monoisotopic (exact) mass is 662 g/mol. The first kappa shape index (κ1) is 19.1. The Morgan fingerprint density at radius 1 is 1.14 bits per heavy atom. The van der Waals surface area contributed by atoms with Crippen LogP contribution < -0.4 is 4.74 Å². The molecule has 0 aromatic heterocycles. The first-order valence-electron chi connectivity index (χ1n) is 6.58. The minimum atomic E-state index is -4.37. The van der Waals surface area contributed by atoms with E-state index in [1.807, 2.05) is 45.2 Å². The zero-order valence-electron chi connectivity index (χ0n) is 11.3. The molecule has 1 aromatic rings. The van der Waals surface area contributed by atoms with Crippen molar-refractivity contribution in [3.05, 3.63) is 16.8 Å². The Morgan fingerprint density at radius 3 is 2.27 bits per heavy atom. The average Bonchev–Trinajstić information content (AvgIpc) is 2.42. The van der Waals surface area contributed by atoms with Crippen LogP contribution in [0.25, 0.3) is 0 Å². The molecule has 1 N–H and O–H groups in total. The van der Waals surface area contributed by atoms with Crippen molar-refractivity contribution in [2.75, 3.05) is 0 Å². The number of halogens is 3. The van der Waals surface area contributed by atoms with Gasteiger partial charge in [0.25, 0.3) is 10.1 Å². The fourth-order valence-electron chi connectivity index (χ4n) is 2.41. The molecular weight excluding hydrogens is 649 g/mol. The van der Waals surface area contributed by atoms with Gasteiger partial charge < -0.3 is 4.74 Å². The first-order valence-corrected chi connectivity index (χ1v) is 11.3. The number of hydrogen-bond acceptors (Lipinski definition) is 4. The van der Waals surface area contributed by atoms with E-state index in [9.17, 15) is 17.8 Å². The largest absolute Gasteiger partial charge is 0.424 e. The van der Waals surface area contributed by atoms with Crippen molar-refractivity contribution < 1.29 is 22.5 Å². The highest BCUT2D eigenvalue weighted by Gasteiger charge is 2.28. The predicted octanol–water partition coefficient (Wildman–Crippen LogP) is 4.23. The lowest BCUT2D eigenvalue weighted by molar-refractivity contribution is -0.140. The summed E-state index contributed by atoms with van der Waals surface area (Å²) in [5.41, 5.74) is 0. The summed E-state index contributed by atoms with van der Waals surface area (Å²) in [4.78, 5) is 12.1. The van der Waals surface area contributed by atoms with Gasteiger partial charge in [0.15, 0.2) is 5.75 Å². The Kier molecular flexibility index (Phi) is 6.76. The second-order valence-corrected chi connectivity index (χ2v) is 9.81. The minimum absolute atomic E-state index is 0.131. The Hall–Kier alpha value is 0.790. The zero-order valence-corrected chi connectivity index (χ0v) is 18.6. The highest BCUT2D eigenvalue weighted by atomic mass is 127. The van der Waals surface area contributed by atoms with E-state index in [0.717, 1.165) is 32.1 Å². The van der Waals surface area contributed by atoms with Crippen molar-refractivity contribution in [3.8, 4) is 5.75 Å². The predicted molar refractivity (Wildman–Crippen MR) is 107 cm³/mol. The molecular formula is C13H13I3O5S. The highest BCUT2D eigenvalue weighted by molar-refractivity contribution is 14.1. The van der Waals surface area contributed by atoms with Crippen molar-refractivity contribution >= 4 is 83.9 Å². The normalized spacial score (nSPS) is 16.5. The zero-order chi connectivity index (χ0) is 16.5. The van der Waals surface area contributed by atoms with Gasteiger partial charge in [-0.1, -0.05) is 19.3 Å². The summed E-state index contributed by atoms with van der Waals surface area (Å²) in [7, 11) is -4.37. The van der Waals surface area contributed by atoms with Crippen LogP contribution in [-0.4, -0.2) is 18.9 Å². The third-order valence-electron chi connectivity index (χ3n) is 3.49. The van der Waals surface area contributed by atoms with Gasteiger partial charge in [0.2, 0.25) is 0 Å². The Morgan fingerprint density at radius 2 is 1.73 bits per heavy atom. The molecule has 2 rings (SSSR count). The van der Waals surface area contributed by atoms with Crippen LogP contribution in [0.3, 0.4) is 0 Å². The molecule has 0 heterocycles. The van der Waals surface area contributed by atoms with E-state index >= 15 is 0 Å². The number of carbonyl (C=O) groups excluding carboxylic acids is 1. The van der Waals surface area contributed by atoms with Gasteiger partial charge in [0, 0.05) is 3.57 Å². The maximum absolute atomic E-state index is 12.3. The maximum Gasteiger partial charge on any atom is 0.314 e. The van der Waals surface area contributed by atoms with E-state index in [4.69, 9.17) is 4.74 Å². The maximum atomic E-state index is 12.3. The number of rotatable bonds is 3. The Balaban J connectivity index is 2.37. The van der Waals surface area contributed by atoms with Gasteiger partial charge in [0.05, 0.1) is 13.1 Å². The number of ether oxygens (including phenoxy) is 1. The molecule has 1 aliphatic carbocycles. The molecule has 122 valence electrons. The summed E-state index contributed by atoms with van der Waals surface area (Å²) < 4.78 is 39.2. The van der Waals surface area contributed by atoms with Crippen LogP contribution in [0.4, 0.5) is 0 Å². The van der Waals surface area contributed by atoms with E-state index in [1.165, 1.54) is 0 Å². The molecule has 0 bridgehead atoms. The van der Waals surface area contributed by atoms with Crippen LogP contribution in [0.2, 0.25) is 0 Å². The van der Waals surface area contributed by atoms with E-state index in [0.29, 0.717) is 7.14 Å². The quantitative estimate of drug-likeness (QED) is 0.227. The van der Waals surface area contributed by atoms with Crippen LogP contribution in [0.15, 0.2) is 11.0 Å². The minimum Gasteiger partial charge on any atom is -0.424 e.